The van der Waals surface area contributed by atoms with Crippen LogP contribution >= 0.6 is 0 Å². The summed E-state index contributed by atoms with van der Waals surface area (Å²) in [4.78, 5) is 33.7. The van der Waals surface area contributed by atoms with Crippen LogP contribution in [0.3, 0.4) is 0 Å². The smallest absolute Gasteiger partial charge is 0.256 e. The number of H-pyrrole nitrogens is 1. The van der Waals surface area contributed by atoms with Gasteiger partial charge in [-0.2, -0.15) is 0 Å². The minimum atomic E-state index is -3.63. The van der Waals surface area contributed by atoms with E-state index in [-0.39, 0.29) is 22.5 Å². The summed E-state index contributed by atoms with van der Waals surface area (Å²) < 4.78 is 26.5. The first-order valence-electron chi connectivity index (χ1n) is 12.7. The Morgan fingerprint density at radius 2 is 1.76 bits per heavy atom. The first-order valence-corrected chi connectivity index (χ1v) is 14.3. The Morgan fingerprint density at radius 3 is 2.47 bits per heavy atom. The van der Waals surface area contributed by atoms with Crippen molar-refractivity contribution in [2.45, 2.75) is 31.4 Å². The van der Waals surface area contributed by atoms with Gasteiger partial charge in [0.2, 0.25) is 0 Å². The number of aromatic amines is 1. The fourth-order valence-electron chi connectivity index (χ4n) is 5.16. The van der Waals surface area contributed by atoms with E-state index in [9.17, 15) is 18.0 Å². The molecule has 1 aromatic heterocycles. The number of benzene rings is 2. The molecule has 0 atom stereocenters. The summed E-state index contributed by atoms with van der Waals surface area (Å²) in [7, 11) is -1.59. The molecule has 2 N–H and O–H groups in total. The molecule has 3 heterocycles. The Bertz CT molecular complexity index is 1580. The number of nitrogens with one attached hydrogen (secondary N) is 2. The average Bonchev–Trinajstić information content (AvgIpc) is 3.33. The van der Waals surface area contributed by atoms with Crippen molar-refractivity contribution in [2.24, 2.45) is 0 Å². The molecule has 198 valence electrons. The minimum Gasteiger partial charge on any atom is -0.358 e. The lowest BCUT2D eigenvalue weighted by Gasteiger charge is -2.32. The van der Waals surface area contributed by atoms with Crippen LogP contribution < -0.4 is 5.32 Å². The summed E-state index contributed by atoms with van der Waals surface area (Å²) >= 11 is 0. The molecule has 38 heavy (non-hydrogen) atoms. The monoisotopic (exact) mass is 532 g/mol. The van der Waals surface area contributed by atoms with Crippen LogP contribution in [-0.4, -0.2) is 68.2 Å². The van der Waals surface area contributed by atoms with Crippen molar-refractivity contribution < 1.29 is 18.0 Å². The van der Waals surface area contributed by atoms with Crippen LogP contribution in [0.4, 0.5) is 5.69 Å². The molecular formula is C29H32N4O4S. The number of nitrogens with zero attached hydrogens (tertiary/aromatic N) is 2. The van der Waals surface area contributed by atoms with Crippen molar-refractivity contribution in [3.05, 3.63) is 81.7 Å². The van der Waals surface area contributed by atoms with Crippen LogP contribution in [0.2, 0.25) is 0 Å². The number of aromatic nitrogens is 1. The second kappa shape index (κ2) is 9.89. The summed E-state index contributed by atoms with van der Waals surface area (Å²) in [5.41, 5.74) is 5.94. The molecule has 2 aliphatic rings. The Balaban J connectivity index is 1.47. The van der Waals surface area contributed by atoms with Gasteiger partial charge in [0, 0.05) is 48.8 Å². The van der Waals surface area contributed by atoms with Crippen molar-refractivity contribution >= 4 is 39.0 Å². The zero-order valence-electron chi connectivity index (χ0n) is 22.1. The van der Waals surface area contributed by atoms with Crippen molar-refractivity contribution in [3.8, 4) is 0 Å². The maximum absolute atomic E-state index is 13.3. The molecule has 2 aliphatic heterocycles. The predicted molar refractivity (Wildman–Crippen MR) is 149 cm³/mol. The van der Waals surface area contributed by atoms with Gasteiger partial charge in [-0.05, 0) is 63.2 Å². The highest BCUT2D eigenvalue weighted by atomic mass is 32.2. The summed E-state index contributed by atoms with van der Waals surface area (Å²) in [6.45, 7) is 8.66. The molecule has 1 fully saturated rings. The van der Waals surface area contributed by atoms with E-state index in [4.69, 9.17) is 0 Å². The molecule has 9 heteroatoms. The molecule has 2 aromatic carbocycles. The molecule has 1 saturated heterocycles. The molecule has 0 unspecified atom stereocenters. The summed E-state index contributed by atoms with van der Waals surface area (Å²) in [6.07, 6.45) is 1.71. The Kier molecular flexibility index (Phi) is 6.75. The van der Waals surface area contributed by atoms with Crippen LogP contribution in [0, 0.1) is 20.8 Å². The molecular weight excluding hydrogens is 500 g/mol. The van der Waals surface area contributed by atoms with Crippen LogP contribution in [0.5, 0.6) is 0 Å². The molecule has 0 bridgehead atoms. The topological polar surface area (TPSA) is 103 Å². The van der Waals surface area contributed by atoms with Gasteiger partial charge in [0.15, 0.2) is 9.84 Å². The third-order valence-electron chi connectivity index (χ3n) is 7.34. The van der Waals surface area contributed by atoms with E-state index in [0.29, 0.717) is 46.7 Å². The SMILES string of the molecule is Cc1cccc(CS(=O)(=O)c2ccc3c(c2)/C(=C/c2[nH]c(C)c(C(=O)N4CCN(C)CC4)c2C)C(=O)N3)c1. The highest BCUT2D eigenvalue weighted by molar-refractivity contribution is 7.90. The highest BCUT2D eigenvalue weighted by Crippen LogP contribution is 2.36. The van der Waals surface area contributed by atoms with Crippen molar-refractivity contribution in [2.75, 3.05) is 38.5 Å². The zero-order valence-corrected chi connectivity index (χ0v) is 22.9. The number of anilines is 1. The number of fused-ring (bicyclic) bond motifs is 1. The van der Waals surface area contributed by atoms with E-state index >= 15 is 0 Å². The number of sulfone groups is 1. The van der Waals surface area contributed by atoms with E-state index in [1.54, 1.807) is 24.3 Å². The minimum absolute atomic E-state index is 0.0187. The molecule has 2 amide bonds. The van der Waals surface area contributed by atoms with E-state index in [1.807, 2.05) is 50.9 Å². The number of rotatable bonds is 5. The van der Waals surface area contributed by atoms with Gasteiger partial charge >= 0.3 is 0 Å². The van der Waals surface area contributed by atoms with E-state index < -0.39 is 9.84 Å². The van der Waals surface area contributed by atoms with Crippen molar-refractivity contribution in [1.29, 1.82) is 0 Å². The fourth-order valence-corrected chi connectivity index (χ4v) is 6.52. The number of likely N-dealkylation sites (N-methyl/N-ethyl adjacent to an activating group) is 1. The lowest BCUT2D eigenvalue weighted by Crippen LogP contribution is -2.47. The van der Waals surface area contributed by atoms with Gasteiger partial charge in [-0.25, -0.2) is 8.42 Å². The van der Waals surface area contributed by atoms with Gasteiger partial charge in [-0.15, -0.1) is 0 Å². The second-order valence-corrected chi connectivity index (χ2v) is 12.2. The first-order chi connectivity index (χ1) is 18.0. The molecule has 0 aliphatic carbocycles. The lowest BCUT2D eigenvalue weighted by atomic mass is 10.0. The molecule has 5 rings (SSSR count). The number of piperazine rings is 1. The van der Waals surface area contributed by atoms with Gasteiger partial charge in [-0.3, -0.25) is 9.59 Å². The number of aryl methyl sites for hydroxylation is 2. The largest absolute Gasteiger partial charge is 0.358 e. The van der Waals surface area contributed by atoms with Crippen LogP contribution in [0.1, 0.15) is 44.0 Å². The van der Waals surface area contributed by atoms with Gasteiger partial charge in [0.05, 0.1) is 21.8 Å². The Labute approximate surface area is 223 Å². The van der Waals surface area contributed by atoms with E-state index in [2.05, 4.69) is 15.2 Å². The van der Waals surface area contributed by atoms with Gasteiger partial charge in [-0.1, -0.05) is 29.8 Å². The van der Waals surface area contributed by atoms with Crippen molar-refractivity contribution in [3.63, 3.8) is 0 Å². The Hall–Kier alpha value is -3.69. The van der Waals surface area contributed by atoms with Crippen LogP contribution in [0.15, 0.2) is 47.4 Å². The van der Waals surface area contributed by atoms with Gasteiger partial charge in [0.1, 0.15) is 0 Å². The lowest BCUT2D eigenvalue weighted by molar-refractivity contribution is -0.110. The molecule has 0 radical (unpaired) electrons. The maximum atomic E-state index is 13.3. The molecule has 0 spiro atoms. The summed E-state index contributed by atoms with van der Waals surface area (Å²) in [6, 6.07) is 12.1. The third kappa shape index (κ3) is 4.91. The number of carbonyl (C=O) groups is 2. The predicted octanol–water partition coefficient (Wildman–Crippen LogP) is 3.79. The fraction of sp³-hybridized carbons (Fsp3) is 0.310. The van der Waals surface area contributed by atoms with E-state index in [1.165, 1.54) is 6.07 Å². The van der Waals surface area contributed by atoms with Crippen LogP contribution in [0.25, 0.3) is 11.6 Å². The Morgan fingerprint density at radius 1 is 1.03 bits per heavy atom. The van der Waals surface area contributed by atoms with Crippen molar-refractivity contribution in [1.82, 2.24) is 14.8 Å². The number of amides is 2. The van der Waals surface area contributed by atoms with E-state index in [0.717, 1.165) is 29.9 Å². The number of hydrogen-bond donors (Lipinski definition) is 2. The standard InChI is InChI=1S/C29H32N4O4S/c1-18-6-5-7-21(14-18)17-38(36,37)22-8-9-25-23(15-22)24(28(34)31-25)16-26-19(2)27(20(3)30-26)29(35)33-12-10-32(4)11-13-33/h5-9,14-16,30H,10-13,17H2,1-4H3,(H,31,34)/b24-16-. The number of hydrogen-bond acceptors (Lipinski definition) is 5. The highest BCUT2D eigenvalue weighted by Gasteiger charge is 2.29. The zero-order chi connectivity index (χ0) is 27.2. The molecule has 0 saturated carbocycles. The summed E-state index contributed by atoms with van der Waals surface area (Å²) in [5.74, 6) is -0.456. The third-order valence-corrected chi connectivity index (χ3v) is 9.03. The molecule has 8 nitrogen and oxygen atoms in total. The maximum Gasteiger partial charge on any atom is 0.256 e. The molecule has 3 aromatic rings. The average molecular weight is 533 g/mol. The first kappa shape index (κ1) is 25.9. The summed E-state index contributed by atoms with van der Waals surface area (Å²) in [5, 5.41) is 2.83. The van der Waals surface area contributed by atoms with Gasteiger partial charge < -0.3 is 20.1 Å². The van der Waals surface area contributed by atoms with Gasteiger partial charge in [0.25, 0.3) is 11.8 Å². The quantitative estimate of drug-likeness (QED) is 0.487. The number of carbonyl (C=O) groups excluding carboxylic acids is 2. The van der Waals surface area contributed by atoms with Crippen LogP contribution in [-0.2, 0) is 20.4 Å². The second-order valence-electron chi connectivity index (χ2n) is 10.2. The normalized spacial score (nSPS) is 17.1.